The van der Waals surface area contributed by atoms with Crippen molar-refractivity contribution < 1.29 is 27.9 Å². The molecule has 0 bridgehead atoms. The highest BCUT2D eigenvalue weighted by Crippen LogP contribution is 2.35. The van der Waals surface area contributed by atoms with Crippen molar-refractivity contribution in [1.29, 1.82) is 0 Å². The fraction of sp³-hybridized carbons (Fsp3) is 0.333. The predicted molar refractivity (Wildman–Crippen MR) is 51.6 cm³/mol. The van der Waals surface area contributed by atoms with Crippen molar-refractivity contribution in [2.45, 2.75) is 18.3 Å². The summed E-state index contributed by atoms with van der Waals surface area (Å²) in [7, 11) is 0. The molecule has 17 heavy (non-hydrogen) atoms. The minimum Gasteiger partial charge on any atom is -0.382 e. The average molecular weight is 265 g/mol. The summed E-state index contributed by atoms with van der Waals surface area (Å²) in [5.74, 6) is -2.84. The molecular weight excluding hydrogens is 259 g/mol. The lowest BCUT2D eigenvalue weighted by Crippen LogP contribution is -2.42. The zero-order valence-corrected chi connectivity index (χ0v) is 8.93. The van der Waals surface area contributed by atoms with Gasteiger partial charge in [0.2, 0.25) is 5.78 Å². The molecule has 2 rings (SSSR count). The van der Waals surface area contributed by atoms with Gasteiger partial charge in [0.05, 0.1) is 10.9 Å². The van der Waals surface area contributed by atoms with Gasteiger partial charge in [0.1, 0.15) is 6.10 Å². The minimum atomic E-state index is -5.04. The summed E-state index contributed by atoms with van der Waals surface area (Å²) in [6, 6.07) is 0.0907. The molecule has 0 fully saturated rings. The summed E-state index contributed by atoms with van der Waals surface area (Å²) in [6.45, 7) is 0. The Kier molecular flexibility index (Phi) is 2.70. The van der Waals surface area contributed by atoms with Crippen LogP contribution in [0.2, 0.25) is 0 Å². The molecule has 1 aromatic heterocycles. The fourth-order valence-corrected chi connectivity index (χ4v) is 2.52. The highest BCUT2D eigenvalue weighted by atomic mass is 32.1. The number of fused-ring (bicyclic) bond motifs is 1. The minimum absolute atomic E-state index is 0.185. The summed E-state index contributed by atoms with van der Waals surface area (Å²) >= 11 is 1.02. The molecule has 8 heteroatoms. The first-order chi connectivity index (χ1) is 7.82. The summed E-state index contributed by atoms with van der Waals surface area (Å²) in [5.41, 5.74) is 0.227. The molecule has 0 aliphatic heterocycles. The number of alkyl halides is 3. The molecular formula is C9H6F3NO3S. The van der Waals surface area contributed by atoms with Crippen molar-refractivity contribution in [3.63, 3.8) is 0 Å². The van der Waals surface area contributed by atoms with Crippen LogP contribution >= 0.6 is 11.3 Å². The van der Waals surface area contributed by atoms with Crippen LogP contribution in [0.25, 0.3) is 0 Å². The lowest BCUT2D eigenvalue weighted by molar-refractivity contribution is -0.174. The van der Waals surface area contributed by atoms with Gasteiger partial charge in [-0.3, -0.25) is 9.59 Å². The topological polar surface area (TPSA) is 66.4 Å². The number of Topliss-reactive ketones (excluding diaryl/α,β-unsaturated/α-hetero) is 1. The van der Waals surface area contributed by atoms with E-state index in [1.807, 2.05) is 0 Å². The van der Waals surface area contributed by atoms with Gasteiger partial charge < -0.3 is 10.4 Å². The lowest BCUT2D eigenvalue weighted by Gasteiger charge is -2.17. The number of amides is 1. The zero-order valence-electron chi connectivity index (χ0n) is 8.12. The van der Waals surface area contributed by atoms with Gasteiger partial charge in [-0.2, -0.15) is 13.2 Å². The first-order valence-electron chi connectivity index (χ1n) is 4.49. The Morgan fingerprint density at radius 3 is 2.71 bits per heavy atom. The number of carbonyl (C=O) groups excluding carboxylic acids is 2. The SMILES string of the molecule is O=C1c2sccc2[C@H](NC(=O)C(F)(F)F)[C@@H]1O. The maximum absolute atomic E-state index is 12.1. The molecule has 1 aliphatic rings. The standard InChI is InChI=1S/C9H6F3NO3S/c10-9(11,12)8(16)13-4-3-1-2-17-7(3)6(15)5(4)14/h1-2,4-5,14H,(H,13,16)/t4-,5-/m0/s1. The highest BCUT2D eigenvalue weighted by molar-refractivity contribution is 7.12. The van der Waals surface area contributed by atoms with Crippen LogP contribution in [0.15, 0.2) is 11.4 Å². The molecule has 1 aromatic rings. The molecule has 1 amide bonds. The van der Waals surface area contributed by atoms with Gasteiger partial charge in [-0.05, 0) is 17.0 Å². The molecule has 1 heterocycles. The van der Waals surface area contributed by atoms with E-state index in [9.17, 15) is 27.9 Å². The number of ketones is 1. The van der Waals surface area contributed by atoms with E-state index in [0.717, 1.165) is 11.3 Å². The van der Waals surface area contributed by atoms with Gasteiger partial charge in [0.15, 0.2) is 0 Å². The summed E-state index contributed by atoms with van der Waals surface area (Å²) in [5, 5.41) is 12.6. The Hall–Kier alpha value is -1.41. The van der Waals surface area contributed by atoms with E-state index in [1.54, 1.807) is 5.32 Å². The molecule has 2 N–H and O–H groups in total. The number of carbonyl (C=O) groups is 2. The van der Waals surface area contributed by atoms with Gasteiger partial charge in [0.25, 0.3) is 0 Å². The number of hydrogen-bond acceptors (Lipinski definition) is 4. The van der Waals surface area contributed by atoms with Crippen LogP contribution in [-0.4, -0.2) is 29.1 Å². The van der Waals surface area contributed by atoms with Crippen molar-refractivity contribution in [2.75, 3.05) is 0 Å². The molecule has 4 nitrogen and oxygen atoms in total. The Bertz CT molecular complexity index is 482. The number of hydrogen-bond donors (Lipinski definition) is 2. The second-order valence-electron chi connectivity index (χ2n) is 3.46. The van der Waals surface area contributed by atoms with Crippen molar-refractivity contribution in [2.24, 2.45) is 0 Å². The normalized spacial score (nSPS) is 23.6. The van der Waals surface area contributed by atoms with Crippen LogP contribution in [0.4, 0.5) is 13.2 Å². The number of thiophene rings is 1. The zero-order chi connectivity index (χ0) is 12.8. The Labute approximate surface area is 97.1 Å². The third-order valence-corrected chi connectivity index (χ3v) is 3.33. The first-order valence-corrected chi connectivity index (χ1v) is 5.37. The number of aliphatic hydroxyl groups is 1. The number of rotatable bonds is 1. The smallest absolute Gasteiger partial charge is 0.382 e. The maximum Gasteiger partial charge on any atom is 0.471 e. The van der Waals surface area contributed by atoms with Crippen LogP contribution in [0.3, 0.4) is 0 Å². The van der Waals surface area contributed by atoms with E-state index >= 15 is 0 Å². The first kappa shape index (κ1) is 12.1. The van der Waals surface area contributed by atoms with Crippen LogP contribution < -0.4 is 5.32 Å². The van der Waals surface area contributed by atoms with E-state index < -0.39 is 30.0 Å². The molecule has 2 atom stereocenters. The Morgan fingerprint density at radius 1 is 1.47 bits per heavy atom. The van der Waals surface area contributed by atoms with E-state index in [2.05, 4.69) is 0 Å². The fourth-order valence-electron chi connectivity index (χ4n) is 1.60. The molecule has 0 aromatic carbocycles. The number of halogens is 3. The van der Waals surface area contributed by atoms with Crippen molar-refractivity contribution in [1.82, 2.24) is 5.32 Å². The van der Waals surface area contributed by atoms with Crippen LogP contribution in [0.5, 0.6) is 0 Å². The van der Waals surface area contributed by atoms with Gasteiger partial charge in [-0.15, -0.1) is 11.3 Å². The quantitative estimate of drug-likeness (QED) is 0.796. The number of nitrogens with one attached hydrogen (secondary N) is 1. The number of aliphatic hydroxyl groups excluding tert-OH is 1. The molecule has 0 saturated carbocycles. The third-order valence-electron chi connectivity index (χ3n) is 2.38. The van der Waals surface area contributed by atoms with Gasteiger partial charge in [-0.25, -0.2) is 0 Å². The van der Waals surface area contributed by atoms with Crippen LogP contribution in [0, 0.1) is 0 Å². The van der Waals surface area contributed by atoms with E-state index in [4.69, 9.17) is 0 Å². The van der Waals surface area contributed by atoms with Gasteiger partial charge >= 0.3 is 12.1 Å². The maximum atomic E-state index is 12.1. The summed E-state index contributed by atoms with van der Waals surface area (Å²) in [6.07, 6.45) is -6.69. The summed E-state index contributed by atoms with van der Waals surface area (Å²) in [4.78, 5) is 22.4. The molecule has 92 valence electrons. The van der Waals surface area contributed by atoms with E-state index in [-0.39, 0.29) is 10.4 Å². The second kappa shape index (κ2) is 3.81. The molecule has 1 aliphatic carbocycles. The van der Waals surface area contributed by atoms with E-state index in [1.165, 1.54) is 11.4 Å². The van der Waals surface area contributed by atoms with Crippen LogP contribution in [-0.2, 0) is 4.79 Å². The third kappa shape index (κ3) is 1.93. The summed E-state index contributed by atoms with van der Waals surface area (Å²) < 4.78 is 36.2. The van der Waals surface area contributed by atoms with Gasteiger partial charge in [0, 0.05) is 0 Å². The largest absolute Gasteiger partial charge is 0.471 e. The highest BCUT2D eigenvalue weighted by Gasteiger charge is 2.46. The molecule has 0 spiro atoms. The average Bonchev–Trinajstić information content (AvgIpc) is 2.76. The van der Waals surface area contributed by atoms with Crippen molar-refractivity contribution >= 4 is 23.0 Å². The second-order valence-corrected chi connectivity index (χ2v) is 4.38. The monoisotopic (exact) mass is 265 g/mol. The van der Waals surface area contributed by atoms with Crippen molar-refractivity contribution in [3.8, 4) is 0 Å². The van der Waals surface area contributed by atoms with E-state index in [0.29, 0.717) is 0 Å². The van der Waals surface area contributed by atoms with Gasteiger partial charge in [-0.1, -0.05) is 0 Å². The van der Waals surface area contributed by atoms with Crippen molar-refractivity contribution in [3.05, 3.63) is 21.9 Å². The predicted octanol–water partition coefficient (Wildman–Crippen LogP) is 1.02. The Morgan fingerprint density at radius 2 is 2.12 bits per heavy atom. The molecule has 0 radical (unpaired) electrons. The lowest BCUT2D eigenvalue weighted by atomic mass is 10.1. The Balaban J connectivity index is 2.24. The van der Waals surface area contributed by atoms with Crippen LogP contribution in [0.1, 0.15) is 21.3 Å². The molecule has 0 saturated heterocycles. The molecule has 0 unspecified atom stereocenters.